The number of fused-ring (bicyclic) bond motifs is 2. The predicted octanol–water partition coefficient (Wildman–Crippen LogP) is 1.42. The second-order valence-corrected chi connectivity index (χ2v) is 7.60. The van der Waals surface area contributed by atoms with Gasteiger partial charge in [-0.25, -0.2) is 9.59 Å². The molecule has 0 radical (unpaired) electrons. The summed E-state index contributed by atoms with van der Waals surface area (Å²) >= 11 is 0. The van der Waals surface area contributed by atoms with Gasteiger partial charge in [0.15, 0.2) is 5.78 Å². The molecule has 2 aromatic rings. The minimum Gasteiger partial charge on any atom is -0.507 e. The number of amides is 1. The number of carbonyl (C=O) groups excluding carboxylic acids is 5. The summed E-state index contributed by atoms with van der Waals surface area (Å²) in [4.78, 5) is 63.7. The Hall–Kier alpha value is -4.21. The number of phenolic OH excluding ortho intramolecular Hbond substituents is 2. The second-order valence-electron chi connectivity index (χ2n) is 7.60. The van der Waals surface area contributed by atoms with Crippen molar-refractivity contribution < 1.29 is 43.7 Å². The quantitative estimate of drug-likeness (QED) is 0.344. The van der Waals surface area contributed by atoms with Gasteiger partial charge in [0.05, 0.1) is 24.3 Å². The minimum absolute atomic E-state index is 0.0574. The van der Waals surface area contributed by atoms with E-state index in [0.29, 0.717) is 0 Å². The number of aromatic hydroxyl groups is 2. The van der Waals surface area contributed by atoms with E-state index in [0.717, 1.165) is 13.0 Å². The van der Waals surface area contributed by atoms with E-state index in [-0.39, 0.29) is 41.0 Å². The topological polar surface area (TPSA) is 156 Å². The molecule has 2 aromatic carbocycles. The largest absolute Gasteiger partial charge is 0.507 e. The Labute approximate surface area is 194 Å². The molecule has 0 bridgehead atoms. The Bertz CT molecular complexity index is 1200. The lowest BCUT2D eigenvalue weighted by molar-refractivity contribution is -0.168. The van der Waals surface area contributed by atoms with E-state index in [4.69, 9.17) is 9.47 Å². The van der Waals surface area contributed by atoms with Crippen molar-refractivity contribution in [3.05, 3.63) is 58.1 Å². The Morgan fingerprint density at radius 3 is 2.03 bits per heavy atom. The maximum absolute atomic E-state index is 13.1. The van der Waals surface area contributed by atoms with Gasteiger partial charge in [-0.3, -0.25) is 14.4 Å². The summed E-state index contributed by atoms with van der Waals surface area (Å²) in [5.74, 6) is -5.29. The zero-order valence-corrected chi connectivity index (χ0v) is 18.8. The summed E-state index contributed by atoms with van der Waals surface area (Å²) in [5.41, 5.74) is -3.00. The number of phenols is 2. The molecule has 3 N–H and O–H groups in total. The van der Waals surface area contributed by atoms with Gasteiger partial charge in [-0.2, -0.15) is 0 Å². The molecule has 1 amide bonds. The van der Waals surface area contributed by atoms with Crippen molar-refractivity contribution in [3.8, 4) is 11.5 Å². The normalized spacial score (nSPS) is 12.4. The average Bonchev–Trinajstić information content (AvgIpc) is 2.76. The zero-order chi connectivity index (χ0) is 25.2. The number of nitrogens with one attached hydrogen (secondary N) is 1. The maximum atomic E-state index is 13.1. The molecule has 0 aromatic heterocycles. The monoisotopic (exact) mass is 469 g/mol. The summed E-state index contributed by atoms with van der Waals surface area (Å²) < 4.78 is 10.0. The van der Waals surface area contributed by atoms with Gasteiger partial charge >= 0.3 is 11.9 Å². The minimum atomic E-state index is -2.30. The summed E-state index contributed by atoms with van der Waals surface area (Å²) in [6.07, 6.45) is -0.528. The molecule has 0 fully saturated rings. The Balaban J connectivity index is 2.16. The second kappa shape index (κ2) is 9.34. The van der Waals surface area contributed by atoms with Crippen molar-refractivity contribution in [2.45, 2.75) is 32.7 Å². The molecule has 178 valence electrons. The molecule has 10 nitrogen and oxygen atoms in total. The molecular weight excluding hydrogens is 446 g/mol. The fraction of sp³-hybridized carbons (Fsp3) is 0.292. The van der Waals surface area contributed by atoms with Crippen LogP contribution < -0.4 is 5.32 Å². The fourth-order valence-corrected chi connectivity index (χ4v) is 3.93. The molecule has 1 aliphatic carbocycles. The maximum Gasteiger partial charge on any atom is 0.344 e. The molecule has 34 heavy (non-hydrogen) atoms. The highest BCUT2D eigenvalue weighted by molar-refractivity contribution is 6.30. The summed E-state index contributed by atoms with van der Waals surface area (Å²) in [6.45, 7) is 3.95. The molecule has 0 heterocycles. The predicted molar refractivity (Wildman–Crippen MR) is 117 cm³/mol. The van der Waals surface area contributed by atoms with Crippen LogP contribution in [0.4, 0.5) is 0 Å². The highest BCUT2D eigenvalue weighted by atomic mass is 16.6. The van der Waals surface area contributed by atoms with Crippen LogP contribution in [0.3, 0.4) is 0 Å². The van der Waals surface area contributed by atoms with Gasteiger partial charge in [-0.1, -0.05) is 12.1 Å². The molecule has 0 unspecified atom stereocenters. The molecule has 0 aliphatic heterocycles. The van der Waals surface area contributed by atoms with Crippen LogP contribution in [0.2, 0.25) is 0 Å². The number of carbonyl (C=O) groups is 5. The van der Waals surface area contributed by atoms with Gasteiger partial charge in [0, 0.05) is 24.5 Å². The number of hydrogen-bond donors (Lipinski definition) is 3. The summed E-state index contributed by atoms with van der Waals surface area (Å²) in [7, 11) is 0. The van der Waals surface area contributed by atoms with Crippen LogP contribution in [-0.4, -0.2) is 58.4 Å². The van der Waals surface area contributed by atoms with Crippen molar-refractivity contribution in [1.29, 1.82) is 0 Å². The summed E-state index contributed by atoms with van der Waals surface area (Å²) in [5, 5.41) is 23.0. The van der Waals surface area contributed by atoms with E-state index in [1.165, 1.54) is 38.1 Å². The highest BCUT2D eigenvalue weighted by Gasteiger charge is 2.50. The molecule has 0 saturated heterocycles. The van der Waals surface area contributed by atoms with Crippen molar-refractivity contribution in [2.24, 2.45) is 0 Å². The van der Waals surface area contributed by atoms with E-state index in [1.807, 2.05) is 0 Å². The van der Waals surface area contributed by atoms with Crippen LogP contribution in [-0.2, 0) is 30.3 Å². The number of benzene rings is 2. The van der Waals surface area contributed by atoms with Gasteiger partial charge < -0.3 is 25.0 Å². The Morgan fingerprint density at radius 1 is 0.882 bits per heavy atom. The van der Waals surface area contributed by atoms with Gasteiger partial charge in [-0.15, -0.1) is 0 Å². The fourth-order valence-electron chi connectivity index (χ4n) is 3.93. The van der Waals surface area contributed by atoms with Crippen LogP contribution in [0, 0.1) is 0 Å². The number of rotatable bonds is 7. The van der Waals surface area contributed by atoms with E-state index >= 15 is 0 Å². The van der Waals surface area contributed by atoms with Gasteiger partial charge in [-0.05, 0) is 37.6 Å². The van der Waals surface area contributed by atoms with E-state index in [9.17, 15) is 34.2 Å². The molecule has 3 rings (SSSR count). The third-order valence-corrected chi connectivity index (χ3v) is 5.27. The Morgan fingerprint density at radius 2 is 1.47 bits per heavy atom. The molecule has 10 heteroatoms. The molecule has 0 atom stereocenters. The van der Waals surface area contributed by atoms with Crippen molar-refractivity contribution in [2.75, 3.05) is 13.2 Å². The van der Waals surface area contributed by atoms with Gasteiger partial charge in [0.1, 0.15) is 11.5 Å². The van der Waals surface area contributed by atoms with E-state index < -0.39 is 52.9 Å². The highest BCUT2D eigenvalue weighted by Crippen LogP contribution is 2.37. The first kappa shape index (κ1) is 24.4. The lowest BCUT2D eigenvalue weighted by atomic mass is 9.80. The first-order valence-electron chi connectivity index (χ1n) is 10.5. The van der Waals surface area contributed by atoms with Crippen LogP contribution in [0.15, 0.2) is 30.3 Å². The zero-order valence-electron chi connectivity index (χ0n) is 18.8. The first-order chi connectivity index (χ1) is 16.1. The molecule has 0 spiro atoms. The lowest BCUT2D eigenvalue weighted by Crippen LogP contribution is -2.62. The molecule has 1 aliphatic rings. The van der Waals surface area contributed by atoms with Gasteiger partial charge in [0.2, 0.25) is 17.2 Å². The SMILES string of the molecule is CCOC(=O)C(Cc1cc(O)c2c(c1)C(=O)c1cccc(O)c1C2=O)(NC(C)=O)C(=O)OCC. The average molecular weight is 469 g/mol. The van der Waals surface area contributed by atoms with E-state index in [1.54, 1.807) is 0 Å². The smallest absolute Gasteiger partial charge is 0.344 e. The molecular formula is C24H23NO9. The van der Waals surface area contributed by atoms with E-state index in [2.05, 4.69) is 5.32 Å². The summed E-state index contributed by atoms with van der Waals surface area (Å²) in [6, 6.07) is 6.36. The number of ether oxygens (including phenoxy) is 2. The number of esters is 2. The third-order valence-electron chi connectivity index (χ3n) is 5.27. The lowest BCUT2D eigenvalue weighted by Gasteiger charge is -2.30. The van der Waals surface area contributed by atoms with Crippen molar-refractivity contribution in [1.82, 2.24) is 5.32 Å². The standard InChI is InChI=1S/C24H23NO9/c1-4-33-22(31)24(25-12(3)26,23(32)34-5-2)11-13-9-15-19(17(28)10-13)21(30)18-14(20(15)29)7-6-8-16(18)27/h6-10,27-28H,4-5,11H2,1-3H3,(H,25,26). The van der Waals surface area contributed by atoms with Crippen LogP contribution in [0.1, 0.15) is 58.2 Å². The number of hydrogen-bond acceptors (Lipinski definition) is 9. The third kappa shape index (κ3) is 4.09. The van der Waals surface area contributed by atoms with Crippen LogP contribution in [0.5, 0.6) is 11.5 Å². The first-order valence-corrected chi connectivity index (χ1v) is 10.5. The molecule has 0 saturated carbocycles. The van der Waals surface area contributed by atoms with Crippen molar-refractivity contribution in [3.63, 3.8) is 0 Å². The number of ketones is 2. The van der Waals surface area contributed by atoms with Crippen LogP contribution in [0.25, 0.3) is 0 Å². The van der Waals surface area contributed by atoms with Crippen molar-refractivity contribution >= 4 is 29.4 Å². The van der Waals surface area contributed by atoms with Crippen LogP contribution >= 0.6 is 0 Å². The Kier molecular flexibility index (Phi) is 6.71. The van der Waals surface area contributed by atoms with Gasteiger partial charge in [0.25, 0.3) is 0 Å².